The number of ketones is 1. The van der Waals surface area contributed by atoms with E-state index in [2.05, 4.69) is 10.4 Å². The molecule has 0 aliphatic heterocycles. The van der Waals surface area contributed by atoms with Crippen LogP contribution >= 0.6 is 0 Å². The van der Waals surface area contributed by atoms with Gasteiger partial charge in [0.25, 0.3) is 11.8 Å². The average molecular weight is 390 g/mol. The number of Topliss-reactive ketones (excluding diaryl/α,β-unsaturated/α-hetero) is 1. The number of benzene rings is 2. The van der Waals surface area contributed by atoms with E-state index < -0.39 is 23.6 Å². The summed E-state index contributed by atoms with van der Waals surface area (Å²) in [4.78, 5) is 36.8. The number of aromatic nitrogens is 2. The zero-order valence-electron chi connectivity index (χ0n) is 16.0. The van der Waals surface area contributed by atoms with Crippen molar-refractivity contribution in [2.24, 2.45) is 5.73 Å². The number of aryl methyl sites for hydroxylation is 1. The molecule has 0 saturated carbocycles. The third-order valence-corrected chi connectivity index (χ3v) is 4.50. The van der Waals surface area contributed by atoms with E-state index in [-0.39, 0.29) is 12.1 Å². The number of hydrogen-bond donors (Lipinski definition) is 2. The van der Waals surface area contributed by atoms with Gasteiger partial charge in [0.1, 0.15) is 11.7 Å². The highest BCUT2D eigenvalue weighted by Crippen LogP contribution is 2.14. The molecule has 0 aliphatic carbocycles. The van der Waals surface area contributed by atoms with Gasteiger partial charge in [-0.3, -0.25) is 14.4 Å². The van der Waals surface area contributed by atoms with Gasteiger partial charge in [-0.05, 0) is 30.2 Å². The van der Waals surface area contributed by atoms with E-state index in [1.54, 1.807) is 6.07 Å². The highest BCUT2D eigenvalue weighted by atomic mass is 16.2. The highest BCUT2D eigenvalue weighted by molar-refractivity contribution is 6.38. The van der Waals surface area contributed by atoms with Crippen LogP contribution in [0.3, 0.4) is 0 Å². The van der Waals surface area contributed by atoms with Gasteiger partial charge >= 0.3 is 0 Å². The second kappa shape index (κ2) is 8.97. The van der Waals surface area contributed by atoms with Crippen molar-refractivity contribution in [1.82, 2.24) is 15.1 Å². The minimum atomic E-state index is -1.09. The molecule has 3 rings (SSSR count). The Morgan fingerprint density at radius 3 is 2.24 bits per heavy atom. The van der Waals surface area contributed by atoms with Gasteiger partial charge in [-0.25, -0.2) is 4.68 Å². The number of hydrogen-bond acceptors (Lipinski definition) is 4. The minimum absolute atomic E-state index is 0.161. The van der Waals surface area contributed by atoms with Crippen LogP contribution in [0.5, 0.6) is 0 Å². The van der Waals surface area contributed by atoms with Crippen LogP contribution < -0.4 is 11.1 Å². The molecule has 0 fully saturated rings. The van der Waals surface area contributed by atoms with Crippen LogP contribution in [0.15, 0.2) is 66.7 Å². The number of para-hydroxylation sites is 1. The summed E-state index contributed by atoms with van der Waals surface area (Å²) < 4.78 is 1.53. The highest BCUT2D eigenvalue weighted by Gasteiger charge is 2.27. The van der Waals surface area contributed by atoms with Crippen LogP contribution in [0.2, 0.25) is 0 Å². The van der Waals surface area contributed by atoms with Gasteiger partial charge in [0.05, 0.1) is 11.4 Å². The summed E-state index contributed by atoms with van der Waals surface area (Å²) in [6.45, 7) is 1.94. The van der Waals surface area contributed by atoms with Crippen LogP contribution in [0.25, 0.3) is 5.69 Å². The molecule has 3 aromatic rings. The second-order valence-electron chi connectivity index (χ2n) is 6.57. The molecule has 7 nitrogen and oxygen atoms in total. The second-order valence-corrected chi connectivity index (χ2v) is 6.57. The van der Waals surface area contributed by atoms with E-state index in [0.29, 0.717) is 6.42 Å². The lowest BCUT2D eigenvalue weighted by Crippen LogP contribution is -2.47. The summed E-state index contributed by atoms with van der Waals surface area (Å²) >= 11 is 0. The van der Waals surface area contributed by atoms with E-state index in [4.69, 9.17) is 5.73 Å². The summed E-state index contributed by atoms with van der Waals surface area (Å²) in [6.07, 6.45) is 0.808. The zero-order valence-corrected chi connectivity index (χ0v) is 16.0. The number of amides is 2. The van der Waals surface area contributed by atoms with E-state index in [0.717, 1.165) is 16.9 Å². The van der Waals surface area contributed by atoms with E-state index in [1.807, 2.05) is 67.6 Å². The van der Waals surface area contributed by atoms with Crippen LogP contribution in [-0.2, 0) is 22.4 Å². The predicted octanol–water partition coefficient (Wildman–Crippen LogP) is 1.83. The Labute approximate surface area is 168 Å². The molecule has 1 unspecified atom stereocenters. The Bertz CT molecular complexity index is 1010. The first kappa shape index (κ1) is 20.0. The standard InChI is InChI=1S/C22H22N4O3/c1-2-16-14-19(26(25-16)17-11-7-4-8-12-17)22(29)24-18(20(27)21(23)28)13-15-9-5-3-6-10-15/h3-12,14,18H,2,13H2,1H3,(H2,23,28)(H,24,29). The monoisotopic (exact) mass is 390 g/mol. The molecule has 1 heterocycles. The van der Waals surface area contributed by atoms with Crippen molar-refractivity contribution in [2.75, 3.05) is 0 Å². The third-order valence-electron chi connectivity index (χ3n) is 4.50. The maximum absolute atomic E-state index is 13.0. The molecule has 0 aliphatic rings. The molecule has 2 aromatic carbocycles. The molecule has 0 bridgehead atoms. The van der Waals surface area contributed by atoms with Crippen LogP contribution in [0.4, 0.5) is 0 Å². The van der Waals surface area contributed by atoms with Crippen LogP contribution in [0.1, 0.15) is 28.7 Å². The van der Waals surface area contributed by atoms with E-state index in [9.17, 15) is 14.4 Å². The van der Waals surface area contributed by atoms with Gasteiger partial charge in [0.2, 0.25) is 5.78 Å². The molecular formula is C22H22N4O3. The Balaban J connectivity index is 1.90. The number of carbonyl (C=O) groups excluding carboxylic acids is 3. The van der Waals surface area contributed by atoms with Crippen LogP contribution in [-0.4, -0.2) is 33.4 Å². The number of carbonyl (C=O) groups is 3. The molecule has 29 heavy (non-hydrogen) atoms. The molecule has 0 saturated heterocycles. The Morgan fingerprint density at radius 1 is 1.03 bits per heavy atom. The summed E-state index contributed by atoms with van der Waals surface area (Å²) in [5.41, 5.74) is 7.74. The van der Waals surface area contributed by atoms with Crippen molar-refractivity contribution in [3.8, 4) is 5.69 Å². The normalized spacial score (nSPS) is 11.6. The molecule has 0 radical (unpaired) electrons. The zero-order chi connectivity index (χ0) is 20.8. The van der Waals surface area contributed by atoms with Gasteiger partial charge in [-0.15, -0.1) is 0 Å². The maximum Gasteiger partial charge on any atom is 0.287 e. The van der Waals surface area contributed by atoms with Crippen molar-refractivity contribution in [2.45, 2.75) is 25.8 Å². The summed E-state index contributed by atoms with van der Waals surface area (Å²) in [5, 5.41) is 7.13. The molecule has 2 amide bonds. The molecular weight excluding hydrogens is 368 g/mol. The summed E-state index contributed by atoms with van der Waals surface area (Å²) in [6, 6.07) is 19.0. The lowest BCUT2D eigenvalue weighted by atomic mass is 10.0. The van der Waals surface area contributed by atoms with Gasteiger partial charge in [-0.1, -0.05) is 55.5 Å². The van der Waals surface area contributed by atoms with E-state index >= 15 is 0 Å². The molecule has 148 valence electrons. The Hall–Kier alpha value is -3.74. The first-order chi connectivity index (χ1) is 14.0. The molecule has 0 spiro atoms. The van der Waals surface area contributed by atoms with Gasteiger partial charge < -0.3 is 11.1 Å². The lowest BCUT2D eigenvalue weighted by molar-refractivity contribution is -0.137. The first-order valence-electron chi connectivity index (χ1n) is 9.32. The number of nitrogens with zero attached hydrogens (tertiary/aromatic N) is 2. The predicted molar refractivity (Wildman–Crippen MR) is 109 cm³/mol. The van der Waals surface area contributed by atoms with Gasteiger partial charge in [-0.2, -0.15) is 5.10 Å². The maximum atomic E-state index is 13.0. The van der Waals surface area contributed by atoms with Crippen molar-refractivity contribution in [3.05, 3.63) is 83.7 Å². The Morgan fingerprint density at radius 2 is 1.66 bits per heavy atom. The van der Waals surface area contributed by atoms with Crippen molar-refractivity contribution < 1.29 is 14.4 Å². The molecule has 1 atom stereocenters. The van der Waals surface area contributed by atoms with Crippen molar-refractivity contribution in [3.63, 3.8) is 0 Å². The fraction of sp³-hybridized carbons (Fsp3) is 0.182. The average Bonchev–Trinajstić information content (AvgIpc) is 3.19. The molecule has 1 aromatic heterocycles. The first-order valence-corrected chi connectivity index (χ1v) is 9.32. The van der Waals surface area contributed by atoms with E-state index in [1.165, 1.54) is 4.68 Å². The minimum Gasteiger partial charge on any atom is -0.363 e. The fourth-order valence-corrected chi connectivity index (χ4v) is 2.99. The smallest absolute Gasteiger partial charge is 0.287 e. The Kier molecular flexibility index (Phi) is 6.19. The number of nitrogens with one attached hydrogen (secondary N) is 1. The van der Waals surface area contributed by atoms with Gasteiger partial charge in [0, 0.05) is 6.42 Å². The number of rotatable bonds is 8. The van der Waals surface area contributed by atoms with Crippen LogP contribution in [0, 0.1) is 0 Å². The third kappa shape index (κ3) is 4.76. The largest absolute Gasteiger partial charge is 0.363 e. The number of nitrogens with two attached hydrogens (primary N) is 1. The number of primary amides is 1. The van der Waals surface area contributed by atoms with Crippen molar-refractivity contribution in [1.29, 1.82) is 0 Å². The fourth-order valence-electron chi connectivity index (χ4n) is 2.99. The lowest BCUT2D eigenvalue weighted by Gasteiger charge is -2.17. The quantitative estimate of drug-likeness (QED) is 0.572. The van der Waals surface area contributed by atoms with Gasteiger partial charge in [0.15, 0.2) is 0 Å². The molecule has 3 N–H and O–H groups in total. The summed E-state index contributed by atoms with van der Waals surface area (Å²) in [7, 11) is 0. The summed E-state index contributed by atoms with van der Waals surface area (Å²) in [5.74, 6) is -2.43. The molecule has 7 heteroatoms. The topological polar surface area (TPSA) is 107 Å². The SMILES string of the molecule is CCc1cc(C(=O)NC(Cc2ccccc2)C(=O)C(N)=O)n(-c2ccccc2)n1. The van der Waals surface area contributed by atoms with Crippen molar-refractivity contribution >= 4 is 17.6 Å².